The van der Waals surface area contributed by atoms with Crippen LogP contribution in [0.15, 0.2) is 12.1 Å². The van der Waals surface area contributed by atoms with Gasteiger partial charge in [0, 0.05) is 5.33 Å². The second-order valence-corrected chi connectivity index (χ2v) is 3.51. The average molecular weight is 291 g/mol. The van der Waals surface area contributed by atoms with Gasteiger partial charge >= 0.3 is 6.18 Å². The van der Waals surface area contributed by atoms with E-state index in [-0.39, 0.29) is 10.9 Å². The molecule has 6 heteroatoms. The van der Waals surface area contributed by atoms with E-state index in [0.29, 0.717) is 0 Å². The smallest absolute Gasteiger partial charge is 0.205 e. The molecule has 0 unspecified atom stereocenters. The highest BCUT2D eigenvalue weighted by atomic mass is 79.9. The van der Waals surface area contributed by atoms with Crippen molar-refractivity contribution in [1.82, 2.24) is 0 Å². The van der Waals surface area contributed by atoms with Crippen LogP contribution in [0, 0.1) is 5.82 Å². The van der Waals surface area contributed by atoms with E-state index in [4.69, 9.17) is 11.6 Å². The average Bonchev–Trinajstić information content (AvgIpc) is 2.07. The minimum absolute atomic E-state index is 0.143. The fourth-order valence-corrected chi connectivity index (χ4v) is 1.47. The van der Waals surface area contributed by atoms with Crippen LogP contribution in [0.4, 0.5) is 17.6 Å². The third-order valence-electron chi connectivity index (χ3n) is 1.55. The maximum Gasteiger partial charge on any atom is 0.417 e. The van der Waals surface area contributed by atoms with Crippen molar-refractivity contribution in [3.8, 4) is 0 Å². The zero-order chi connectivity index (χ0) is 10.9. The van der Waals surface area contributed by atoms with Gasteiger partial charge in [0.2, 0.25) is 0 Å². The Bertz CT molecular complexity index is 348. The van der Waals surface area contributed by atoms with Crippen molar-refractivity contribution in [1.29, 1.82) is 0 Å². The van der Waals surface area contributed by atoms with Crippen LogP contribution in [0.25, 0.3) is 0 Å². The van der Waals surface area contributed by atoms with E-state index < -0.39 is 22.6 Å². The first-order valence-corrected chi connectivity index (χ1v) is 4.97. The van der Waals surface area contributed by atoms with Gasteiger partial charge in [-0.05, 0) is 17.7 Å². The topological polar surface area (TPSA) is 0 Å². The Kier molecular flexibility index (Phi) is 3.42. The Labute approximate surface area is 91.0 Å². The molecule has 78 valence electrons. The summed E-state index contributed by atoms with van der Waals surface area (Å²) in [5.74, 6) is -1.06. The van der Waals surface area contributed by atoms with E-state index in [2.05, 4.69) is 15.9 Å². The normalized spacial score (nSPS) is 11.9. The lowest BCUT2D eigenvalue weighted by molar-refractivity contribution is -0.137. The van der Waals surface area contributed by atoms with Gasteiger partial charge in [-0.25, -0.2) is 4.39 Å². The largest absolute Gasteiger partial charge is 0.417 e. The first kappa shape index (κ1) is 11.8. The van der Waals surface area contributed by atoms with Crippen molar-refractivity contribution < 1.29 is 17.6 Å². The van der Waals surface area contributed by atoms with Crippen LogP contribution in [-0.2, 0) is 11.5 Å². The maximum atomic E-state index is 12.9. The molecule has 0 N–H and O–H groups in total. The van der Waals surface area contributed by atoms with Crippen molar-refractivity contribution in [2.45, 2.75) is 11.5 Å². The van der Waals surface area contributed by atoms with Crippen molar-refractivity contribution in [2.24, 2.45) is 0 Å². The summed E-state index contributed by atoms with van der Waals surface area (Å²) in [6.07, 6.45) is -4.63. The number of rotatable bonds is 1. The second kappa shape index (κ2) is 4.06. The molecule has 0 fully saturated rings. The fraction of sp³-hybridized carbons (Fsp3) is 0.250. The lowest BCUT2D eigenvalue weighted by Gasteiger charge is -2.10. The number of hydrogen-bond acceptors (Lipinski definition) is 0. The Morgan fingerprint density at radius 3 is 2.29 bits per heavy atom. The summed E-state index contributed by atoms with van der Waals surface area (Å²) >= 11 is 8.14. The molecule has 0 bridgehead atoms. The van der Waals surface area contributed by atoms with Crippen LogP contribution in [0.3, 0.4) is 0 Å². The van der Waals surface area contributed by atoms with Crippen LogP contribution < -0.4 is 0 Å². The molecule has 0 aliphatic rings. The van der Waals surface area contributed by atoms with Gasteiger partial charge in [-0.15, -0.1) is 0 Å². The molecule has 1 rings (SSSR count). The molecule has 0 aliphatic heterocycles. The van der Waals surface area contributed by atoms with Crippen LogP contribution in [-0.4, -0.2) is 0 Å². The summed E-state index contributed by atoms with van der Waals surface area (Å²) in [5.41, 5.74) is -0.951. The lowest BCUT2D eigenvalue weighted by Crippen LogP contribution is -2.07. The number of hydrogen-bond donors (Lipinski definition) is 0. The van der Waals surface area contributed by atoms with Gasteiger partial charge in [-0.3, -0.25) is 0 Å². The molecule has 14 heavy (non-hydrogen) atoms. The summed E-state index contributed by atoms with van der Waals surface area (Å²) in [6.45, 7) is 0. The van der Waals surface area contributed by atoms with E-state index in [1.54, 1.807) is 0 Å². The number of alkyl halides is 4. The first-order chi connectivity index (χ1) is 6.36. The summed E-state index contributed by atoms with van der Waals surface area (Å²) in [4.78, 5) is 0. The highest BCUT2D eigenvalue weighted by Gasteiger charge is 2.34. The monoisotopic (exact) mass is 290 g/mol. The van der Waals surface area contributed by atoms with E-state index >= 15 is 0 Å². The Morgan fingerprint density at radius 1 is 1.29 bits per heavy atom. The third kappa shape index (κ3) is 2.39. The van der Waals surface area contributed by atoms with Crippen molar-refractivity contribution >= 4 is 27.5 Å². The summed E-state index contributed by atoms with van der Waals surface area (Å²) < 4.78 is 49.7. The molecule has 0 saturated heterocycles. The minimum Gasteiger partial charge on any atom is -0.205 e. The minimum atomic E-state index is -4.63. The van der Waals surface area contributed by atoms with Crippen LogP contribution >= 0.6 is 27.5 Å². The molecule has 0 radical (unpaired) electrons. The molecule has 0 saturated carbocycles. The number of halogens is 6. The molecule has 0 spiro atoms. The van der Waals surface area contributed by atoms with Gasteiger partial charge in [0.25, 0.3) is 0 Å². The molecule has 0 amide bonds. The predicted octanol–water partition coefficient (Wildman–Crippen LogP) is 4.39. The molecule has 0 aromatic heterocycles. The molecule has 0 atom stereocenters. The van der Waals surface area contributed by atoms with Crippen LogP contribution in [0.1, 0.15) is 11.1 Å². The molecule has 0 aliphatic carbocycles. The number of benzene rings is 1. The van der Waals surface area contributed by atoms with Gasteiger partial charge in [-0.2, -0.15) is 13.2 Å². The van der Waals surface area contributed by atoms with Crippen molar-refractivity contribution in [3.05, 3.63) is 34.1 Å². The van der Waals surface area contributed by atoms with E-state index in [1.165, 1.54) is 0 Å². The SMILES string of the molecule is Fc1cc(CBr)cc(C(F)(F)F)c1Cl. The van der Waals surface area contributed by atoms with Gasteiger partial charge in [-0.1, -0.05) is 27.5 Å². The summed E-state index contributed by atoms with van der Waals surface area (Å²) in [6, 6.07) is 1.78. The molecular weight excluding hydrogens is 287 g/mol. The fourth-order valence-electron chi connectivity index (χ4n) is 0.929. The van der Waals surface area contributed by atoms with Gasteiger partial charge in [0.05, 0.1) is 10.6 Å². The van der Waals surface area contributed by atoms with Crippen LogP contribution in [0.2, 0.25) is 5.02 Å². The molecule has 1 aromatic carbocycles. The van der Waals surface area contributed by atoms with Gasteiger partial charge in [0.15, 0.2) is 0 Å². The summed E-state index contributed by atoms with van der Waals surface area (Å²) in [7, 11) is 0. The Hall–Kier alpha value is -0.290. The van der Waals surface area contributed by atoms with Gasteiger partial charge < -0.3 is 0 Å². The standard InChI is InChI=1S/C8H4BrClF4/c9-3-4-1-5(8(12,13)14)7(10)6(11)2-4/h1-2H,3H2. The lowest BCUT2D eigenvalue weighted by atomic mass is 10.1. The highest BCUT2D eigenvalue weighted by molar-refractivity contribution is 9.08. The van der Waals surface area contributed by atoms with Crippen molar-refractivity contribution in [3.63, 3.8) is 0 Å². The molecule has 0 heterocycles. The molecule has 1 aromatic rings. The van der Waals surface area contributed by atoms with Gasteiger partial charge in [0.1, 0.15) is 5.82 Å². The van der Waals surface area contributed by atoms with Crippen molar-refractivity contribution in [2.75, 3.05) is 0 Å². The predicted molar refractivity (Wildman–Crippen MR) is 49.0 cm³/mol. The molecule has 0 nitrogen and oxygen atoms in total. The maximum absolute atomic E-state index is 12.9. The second-order valence-electron chi connectivity index (χ2n) is 2.57. The molecular formula is C8H4BrClF4. The highest BCUT2D eigenvalue weighted by Crippen LogP contribution is 2.36. The Morgan fingerprint density at radius 2 is 1.86 bits per heavy atom. The Balaban J connectivity index is 3.35. The van der Waals surface area contributed by atoms with E-state index in [1.807, 2.05) is 0 Å². The third-order valence-corrected chi connectivity index (χ3v) is 2.58. The van der Waals surface area contributed by atoms with E-state index in [9.17, 15) is 17.6 Å². The van der Waals surface area contributed by atoms with E-state index in [0.717, 1.165) is 12.1 Å². The first-order valence-electron chi connectivity index (χ1n) is 3.47. The zero-order valence-corrected chi connectivity index (χ0v) is 8.97. The quantitative estimate of drug-likeness (QED) is 0.531. The summed E-state index contributed by atoms with van der Waals surface area (Å²) in [5, 5.41) is -0.744. The zero-order valence-electron chi connectivity index (χ0n) is 6.63. The van der Waals surface area contributed by atoms with Crippen LogP contribution in [0.5, 0.6) is 0 Å².